The number of hydrogen-bond acceptors (Lipinski definition) is 5. The highest BCUT2D eigenvalue weighted by Crippen LogP contribution is 2.20. The van der Waals surface area contributed by atoms with Crippen LogP contribution in [0.1, 0.15) is 16.8 Å². The number of carboxylic acid groups (broad SMARTS) is 1. The van der Waals surface area contributed by atoms with E-state index in [4.69, 9.17) is 5.11 Å². The van der Waals surface area contributed by atoms with E-state index in [0.717, 1.165) is 0 Å². The Labute approximate surface area is 105 Å². The van der Waals surface area contributed by atoms with E-state index >= 15 is 0 Å². The molecule has 0 saturated carbocycles. The lowest BCUT2D eigenvalue weighted by molar-refractivity contribution is 0.0697. The molecule has 0 aromatic carbocycles. The molecule has 1 aromatic heterocycles. The van der Waals surface area contributed by atoms with Gasteiger partial charge in [0.05, 0.1) is 29.0 Å². The molecule has 1 aromatic rings. The van der Waals surface area contributed by atoms with Crippen molar-refractivity contribution in [1.82, 2.24) is 4.98 Å². The summed E-state index contributed by atoms with van der Waals surface area (Å²) in [6, 6.07) is 1.41. The van der Waals surface area contributed by atoms with Crippen LogP contribution < -0.4 is 5.32 Å². The number of aromatic nitrogens is 1. The van der Waals surface area contributed by atoms with E-state index in [9.17, 15) is 13.2 Å². The maximum Gasteiger partial charge on any atom is 0.337 e. The van der Waals surface area contributed by atoms with Crippen molar-refractivity contribution in [3.63, 3.8) is 0 Å². The molecule has 98 valence electrons. The van der Waals surface area contributed by atoms with Crippen LogP contribution in [0.15, 0.2) is 18.5 Å². The molecule has 2 heterocycles. The van der Waals surface area contributed by atoms with Crippen LogP contribution in [0, 0.1) is 5.92 Å². The topological polar surface area (TPSA) is 96.4 Å². The van der Waals surface area contributed by atoms with Crippen LogP contribution in [0.2, 0.25) is 0 Å². The van der Waals surface area contributed by atoms with Gasteiger partial charge in [0, 0.05) is 12.7 Å². The molecule has 0 bridgehead atoms. The standard InChI is InChI=1S/C11H14N2O4S/c14-11(15)9-1-3-12-6-10(9)13-5-8-2-4-18(16,17)7-8/h1,3,6,8,13H,2,4-5,7H2,(H,14,15). The van der Waals surface area contributed by atoms with Crippen LogP contribution >= 0.6 is 0 Å². The van der Waals surface area contributed by atoms with E-state index in [1.165, 1.54) is 18.5 Å². The lowest BCUT2D eigenvalue weighted by atomic mass is 10.1. The molecule has 1 saturated heterocycles. The minimum absolute atomic E-state index is 0.0388. The molecule has 2 N–H and O–H groups in total. The summed E-state index contributed by atoms with van der Waals surface area (Å²) in [5, 5.41) is 11.9. The number of pyridine rings is 1. The zero-order chi connectivity index (χ0) is 13.2. The Balaban J connectivity index is 2.01. The minimum Gasteiger partial charge on any atom is -0.478 e. The highest BCUT2D eigenvalue weighted by atomic mass is 32.2. The van der Waals surface area contributed by atoms with Crippen LogP contribution in [0.5, 0.6) is 0 Å². The molecule has 7 heteroatoms. The molecule has 0 aliphatic carbocycles. The van der Waals surface area contributed by atoms with Gasteiger partial charge < -0.3 is 10.4 Å². The van der Waals surface area contributed by atoms with Crippen molar-refractivity contribution in [3.8, 4) is 0 Å². The van der Waals surface area contributed by atoms with Gasteiger partial charge in [-0.25, -0.2) is 13.2 Å². The number of nitrogens with zero attached hydrogens (tertiary/aromatic N) is 1. The van der Waals surface area contributed by atoms with Crippen molar-refractivity contribution < 1.29 is 18.3 Å². The van der Waals surface area contributed by atoms with Crippen LogP contribution in [0.3, 0.4) is 0 Å². The Bertz CT molecular complexity index is 556. The quantitative estimate of drug-likeness (QED) is 0.833. The SMILES string of the molecule is O=C(O)c1ccncc1NCC1CCS(=O)(=O)C1. The van der Waals surface area contributed by atoms with Gasteiger partial charge in [0.1, 0.15) is 0 Å². The van der Waals surface area contributed by atoms with E-state index in [1.54, 1.807) is 0 Å². The average Bonchev–Trinajstić information content (AvgIpc) is 2.66. The molecule has 6 nitrogen and oxygen atoms in total. The monoisotopic (exact) mass is 270 g/mol. The first-order valence-corrected chi connectivity index (χ1v) is 7.42. The van der Waals surface area contributed by atoms with Crippen molar-refractivity contribution in [2.75, 3.05) is 23.4 Å². The number of carboxylic acids is 1. The van der Waals surface area contributed by atoms with Gasteiger partial charge in [-0.15, -0.1) is 0 Å². The number of sulfone groups is 1. The molecule has 0 spiro atoms. The molecule has 1 unspecified atom stereocenters. The molecule has 0 amide bonds. The van der Waals surface area contributed by atoms with Crippen LogP contribution in [-0.2, 0) is 9.84 Å². The molecule has 1 aliphatic heterocycles. The fraction of sp³-hybridized carbons (Fsp3) is 0.455. The molecule has 18 heavy (non-hydrogen) atoms. The highest BCUT2D eigenvalue weighted by Gasteiger charge is 2.27. The Kier molecular flexibility index (Phi) is 3.51. The van der Waals surface area contributed by atoms with E-state index in [2.05, 4.69) is 10.3 Å². The lowest BCUT2D eigenvalue weighted by Gasteiger charge is -2.12. The maximum absolute atomic E-state index is 11.3. The smallest absolute Gasteiger partial charge is 0.337 e. The second-order valence-electron chi connectivity index (χ2n) is 4.38. The van der Waals surface area contributed by atoms with Gasteiger partial charge in [0.25, 0.3) is 0 Å². The van der Waals surface area contributed by atoms with Crippen molar-refractivity contribution in [2.45, 2.75) is 6.42 Å². The van der Waals surface area contributed by atoms with Crippen LogP contribution in [0.4, 0.5) is 5.69 Å². The number of hydrogen-bond donors (Lipinski definition) is 2. The number of aromatic carboxylic acids is 1. The van der Waals surface area contributed by atoms with Gasteiger partial charge in [-0.1, -0.05) is 0 Å². The summed E-state index contributed by atoms with van der Waals surface area (Å²) in [4.78, 5) is 14.8. The van der Waals surface area contributed by atoms with Crippen LogP contribution in [-0.4, -0.2) is 42.5 Å². The Morgan fingerprint density at radius 2 is 2.33 bits per heavy atom. The Hall–Kier alpha value is -1.63. The highest BCUT2D eigenvalue weighted by molar-refractivity contribution is 7.91. The van der Waals surface area contributed by atoms with Crippen molar-refractivity contribution in [1.29, 1.82) is 0 Å². The molecule has 1 aliphatic rings. The third-order valence-corrected chi connectivity index (χ3v) is 4.80. The maximum atomic E-state index is 11.3. The lowest BCUT2D eigenvalue weighted by Crippen LogP contribution is -2.17. The molecule has 0 radical (unpaired) electrons. The first kappa shape index (κ1) is 12.8. The van der Waals surface area contributed by atoms with Gasteiger partial charge in [-0.2, -0.15) is 0 Å². The van der Waals surface area contributed by atoms with E-state index in [1.807, 2.05) is 0 Å². The van der Waals surface area contributed by atoms with Gasteiger partial charge in [0.2, 0.25) is 0 Å². The van der Waals surface area contributed by atoms with Crippen molar-refractivity contribution in [3.05, 3.63) is 24.0 Å². The van der Waals surface area contributed by atoms with Gasteiger partial charge in [-0.05, 0) is 18.4 Å². The normalized spacial score (nSPS) is 21.7. The summed E-state index contributed by atoms with van der Waals surface area (Å²) < 4.78 is 22.6. The first-order chi connectivity index (χ1) is 8.48. The molecule has 1 atom stereocenters. The molecule has 1 fully saturated rings. The molecular formula is C11H14N2O4S. The second kappa shape index (κ2) is 4.93. The zero-order valence-electron chi connectivity index (χ0n) is 9.67. The summed E-state index contributed by atoms with van der Waals surface area (Å²) in [6.45, 7) is 0.450. The first-order valence-electron chi connectivity index (χ1n) is 5.59. The summed E-state index contributed by atoms with van der Waals surface area (Å²) in [6.07, 6.45) is 3.47. The fourth-order valence-electron chi connectivity index (χ4n) is 2.01. The van der Waals surface area contributed by atoms with Gasteiger partial charge in [0.15, 0.2) is 9.84 Å². The third kappa shape index (κ3) is 2.98. The summed E-state index contributed by atoms with van der Waals surface area (Å²) in [7, 11) is -2.90. The molecular weight excluding hydrogens is 256 g/mol. The van der Waals surface area contributed by atoms with E-state index < -0.39 is 15.8 Å². The molecule has 2 rings (SSSR count). The summed E-state index contributed by atoms with van der Waals surface area (Å²) in [5.74, 6) is -0.600. The third-order valence-electron chi connectivity index (χ3n) is 2.96. The van der Waals surface area contributed by atoms with E-state index in [0.29, 0.717) is 18.7 Å². The average molecular weight is 270 g/mol. The fourth-order valence-corrected chi connectivity index (χ4v) is 3.87. The summed E-state index contributed by atoms with van der Waals surface area (Å²) >= 11 is 0. The van der Waals surface area contributed by atoms with Crippen molar-refractivity contribution >= 4 is 21.5 Å². The van der Waals surface area contributed by atoms with Crippen molar-refractivity contribution in [2.24, 2.45) is 5.92 Å². The van der Waals surface area contributed by atoms with E-state index in [-0.39, 0.29) is 23.0 Å². The van der Waals surface area contributed by atoms with Gasteiger partial charge in [-0.3, -0.25) is 4.98 Å². The Morgan fingerprint density at radius 1 is 1.56 bits per heavy atom. The zero-order valence-corrected chi connectivity index (χ0v) is 10.5. The number of rotatable bonds is 4. The number of anilines is 1. The predicted molar refractivity (Wildman–Crippen MR) is 66.4 cm³/mol. The number of nitrogens with one attached hydrogen (secondary N) is 1. The predicted octanol–water partition coefficient (Wildman–Crippen LogP) is 0.626. The Morgan fingerprint density at radius 3 is 2.94 bits per heavy atom. The largest absolute Gasteiger partial charge is 0.478 e. The van der Waals surface area contributed by atoms with Gasteiger partial charge >= 0.3 is 5.97 Å². The second-order valence-corrected chi connectivity index (χ2v) is 6.61. The van der Waals surface area contributed by atoms with Crippen LogP contribution in [0.25, 0.3) is 0 Å². The minimum atomic E-state index is -2.90. The summed E-state index contributed by atoms with van der Waals surface area (Å²) in [5.41, 5.74) is 0.570. The number of carbonyl (C=O) groups is 1.